The summed E-state index contributed by atoms with van der Waals surface area (Å²) in [5.41, 5.74) is 0.770. The van der Waals surface area contributed by atoms with E-state index in [0.29, 0.717) is 12.8 Å². The fourth-order valence-electron chi connectivity index (χ4n) is 4.71. The summed E-state index contributed by atoms with van der Waals surface area (Å²) in [7, 11) is 0. The maximum atomic E-state index is 12.1. The number of aromatic nitrogens is 1. The van der Waals surface area contributed by atoms with Crippen molar-refractivity contribution in [3.63, 3.8) is 0 Å². The third-order valence-electron chi connectivity index (χ3n) is 5.91. The Morgan fingerprint density at radius 1 is 1.38 bits per heavy atom. The summed E-state index contributed by atoms with van der Waals surface area (Å²) in [6, 6.07) is 0. The van der Waals surface area contributed by atoms with Gasteiger partial charge in [-0.25, -0.2) is 4.98 Å². The first-order valence-corrected chi connectivity index (χ1v) is 10.1. The number of nitrogens with one attached hydrogen (secondary N) is 1. The van der Waals surface area contributed by atoms with Gasteiger partial charge in [-0.2, -0.15) is 0 Å². The van der Waals surface area contributed by atoms with Gasteiger partial charge in [0, 0.05) is 24.9 Å². The van der Waals surface area contributed by atoms with Crippen LogP contribution < -0.4 is 10.2 Å². The van der Waals surface area contributed by atoms with Crippen LogP contribution in [0.2, 0.25) is 0 Å². The second-order valence-electron chi connectivity index (χ2n) is 7.52. The molecule has 0 spiro atoms. The second kappa shape index (κ2) is 6.82. The number of hydrogen-bond acceptors (Lipinski definition) is 4. The number of carbonyl (C=O) groups is 2. The van der Waals surface area contributed by atoms with E-state index in [2.05, 4.69) is 10.3 Å². The van der Waals surface area contributed by atoms with Gasteiger partial charge in [-0.3, -0.25) is 14.5 Å². The summed E-state index contributed by atoms with van der Waals surface area (Å²) < 4.78 is 0. The molecule has 2 aliphatic carbocycles. The Balaban J connectivity index is 1.21. The van der Waals surface area contributed by atoms with Crippen LogP contribution in [-0.2, 0) is 16.0 Å². The van der Waals surface area contributed by atoms with Crippen LogP contribution in [0, 0.1) is 17.8 Å². The number of rotatable bonds is 6. The van der Waals surface area contributed by atoms with E-state index in [9.17, 15) is 9.59 Å². The van der Waals surface area contributed by atoms with Gasteiger partial charge in [0.05, 0.1) is 12.1 Å². The van der Waals surface area contributed by atoms with Gasteiger partial charge in [-0.15, -0.1) is 11.3 Å². The largest absolute Gasteiger partial charge is 0.356 e. The molecule has 3 atom stereocenters. The number of fused-ring (bicyclic) bond motifs is 2. The SMILES string of the molecule is O=C(Cc1csc(N2CCCC2=O)n1)NCC[C@H]1C[C@H]2CC[C@H]1C2. The van der Waals surface area contributed by atoms with Gasteiger partial charge in [0.1, 0.15) is 0 Å². The Bertz CT molecular complexity index is 630. The average Bonchev–Trinajstić information content (AvgIpc) is 3.31. The predicted molar refractivity (Wildman–Crippen MR) is 94.0 cm³/mol. The molecule has 1 aliphatic heterocycles. The van der Waals surface area contributed by atoms with E-state index in [4.69, 9.17) is 0 Å². The van der Waals surface area contributed by atoms with Gasteiger partial charge < -0.3 is 5.32 Å². The van der Waals surface area contributed by atoms with Gasteiger partial charge in [-0.05, 0) is 49.9 Å². The van der Waals surface area contributed by atoms with Gasteiger partial charge in [0.25, 0.3) is 0 Å². The Morgan fingerprint density at radius 2 is 2.29 bits per heavy atom. The molecule has 5 nitrogen and oxygen atoms in total. The van der Waals surface area contributed by atoms with Crippen molar-refractivity contribution in [2.75, 3.05) is 18.0 Å². The van der Waals surface area contributed by atoms with E-state index in [0.717, 1.165) is 54.5 Å². The fourth-order valence-corrected chi connectivity index (χ4v) is 5.57. The standard InChI is InChI=1S/C18H25N3O2S/c22-16(19-6-5-14-9-12-3-4-13(14)8-12)10-15-11-24-18(20-15)21-7-1-2-17(21)23/h11-14H,1-10H2,(H,19,22)/t12-,13-,14-/m0/s1. The monoisotopic (exact) mass is 347 g/mol. The summed E-state index contributed by atoms with van der Waals surface area (Å²) in [6.45, 7) is 1.54. The molecule has 2 heterocycles. The zero-order valence-electron chi connectivity index (χ0n) is 14.0. The van der Waals surface area contributed by atoms with Crippen molar-refractivity contribution in [3.8, 4) is 0 Å². The smallest absolute Gasteiger partial charge is 0.228 e. The Kier molecular flexibility index (Phi) is 4.57. The molecule has 24 heavy (non-hydrogen) atoms. The van der Waals surface area contributed by atoms with Crippen LogP contribution in [0.5, 0.6) is 0 Å². The molecule has 0 unspecified atom stereocenters. The summed E-state index contributed by atoms with van der Waals surface area (Å²) >= 11 is 1.46. The lowest BCUT2D eigenvalue weighted by Gasteiger charge is -2.21. The minimum absolute atomic E-state index is 0.0442. The van der Waals surface area contributed by atoms with E-state index >= 15 is 0 Å². The molecule has 0 aromatic carbocycles. The van der Waals surface area contributed by atoms with Crippen molar-refractivity contribution < 1.29 is 9.59 Å². The van der Waals surface area contributed by atoms with Gasteiger partial charge >= 0.3 is 0 Å². The van der Waals surface area contributed by atoms with Gasteiger partial charge in [0.2, 0.25) is 11.8 Å². The van der Waals surface area contributed by atoms with Gasteiger partial charge in [0.15, 0.2) is 5.13 Å². The number of nitrogens with zero attached hydrogens (tertiary/aromatic N) is 2. The maximum absolute atomic E-state index is 12.1. The van der Waals surface area contributed by atoms with Crippen LogP contribution in [0.3, 0.4) is 0 Å². The van der Waals surface area contributed by atoms with E-state index in [1.807, 2.05) is 5.38 Å². The number of anilines is 1. The molecular formula is C18H25N3O2S. The van der Waals surface area contributed by atoms with Crippen LogP contribution in [0.4, 0.5) is 5.13 Å². The first kappa shape index (κ1) is 16.1. The van der Waals surface area contributed by atoms with Crippen LogP contribution >= 0.6 is 11.3 Å². The molecule has 2 bridgehead atoms. The molecule has 0 radical (unpaired) electrons. The molecule has 2 saturated carbocycles. The topological polar surface area (TPSA) is 62.3 Å². The Hall–Kier alpha value is -1.43. The van der Waals surface area contributed by atoms with Crippen LogP contribution in [0.25, 0.3) is 0 Å². The van der Waals surface area contributed by atoms with Crippen LogP contribution in [0.1, 0.15) is 50.6 Å². The first-order valence-electron chi connectivity index (χ1n) is 9.20. The number of hydrogen-bond donors (Lipinski definition) is 1. The van der Waals surface area contributed by atoms with Crippen molar-refractivity contribution in [2.24, 2.45) is 17.8 Å². The number of carbonyl (C=O) groups excluding carboxylic acids is 2. The van der Waals surface area contributed by atoms with E-state index in [-0.39, 0.29) is 11.8 Å². The number of thiazole rings is 1. The lowest BCUT2D eigenvalue weighted by molar-refractivity contribution is -0.120. The van der Waals surface area contributed by atoms with Crippen molar-refractivity contribution in [1.82, 2.24) is 10.3 Å². The minimum Gasteiger partial charge on any atom is -0.356 e. The van der Waals surface area contributed by atoms with E-state index in [1.165, 1.54) is 37.0 Å². The molecule has 6 heteroatoms. The van der Waals surface area contributed by atoms with Crippen molar-refractivity contribution in [3.05, 3.63) is 11.1 Å². The van der Waals surface area contributed by atoms with Crippen LogP contribution in [-0.4, -0.2) is 29.9 Å². The molecule has 1 saturated heterocycles. The predicted octanol–water partition coefficient (Wildman–Crippen LogP) is 2.75. The average molecular weight is 347 g/mol. The summed E-state index contributed by atoms with van der Waals surface area (Å²) in [5.74, 6) is 2.91. The molecule has 3 fully saturated rings. The molecule has 4 rings (SSSR count). The fraction of sp³-hybridized carbons (Fsp3) is 0.722. The minimum atomic E-state index is 0.0442. The normalized spacial score (nSPS) is 28.8. The molecule has 3 aliphatic rings. The summed E-state index contributed by atoms with van der Waals surface area (Å²) in [6.07, 6.45) is 8.58. The molecule has 1 aromatic rings. The zero-order valence-corrected chi connectivity index (χ0v) is 14.8. The lowest BCUT2D eigenvalue weighted by Crippen LogP contribution is -2.28. The molecular weight excluding hydrogens is 322 g/mol. The molecule has 2 amide bonds. The van der Waals surface area contributed by atoms with E-state index < -0.39 is 0 Å². The first-order chi connectivity index (χ1) is 11.7. The number of amides is 2. The third-order valence-corrected chi connectivity index (χ3v) is 6.82. The summed E-state index contributed by atoms with van der Waals surface area (Å²) in [4.78, 5) is 30.1. The highest BCUT2D eigenvalue weighted by Crippen LogP contribution is 2.49. The highest BCUT2D eigenvalue weighted by Gasteiger charge is 2.38. The molecule has 130 valence electrons. The quantitative estimate of drug-likeness (QED) is 0.861. The third kappa shape index (κ3) is 3.34. The van der Waals surface area contributed by atoms with Crippen molar-refractivity contribution in [1.29, 1.82) is 0 Å². The second-order valence-corrected chi connectivity index (χ2v) is 8.36. The molecule has 1 N–H and O–H groups in total. The lowest BCUT2D eigenvalue weighted by atomic mass is 9.86. The molecule has 1 aromatic heterocycles. The summed E-state index contributed by atoms with van der Waals surface area (Å²) in [5, 5.41) is 5.69. The zero-order chi connectivity index (χ0) is 16.5. The Morgan fingerprint density at radius 3 is 3.00 bits per heavy atom. The van der Waals surface area contributed by atoms with Crippen molar-refractivity contribution in [2.45, 2.75) is 51.4 Å². The van der Waals surface area contributed by atoms with Crippen LogP contribution in [0.15, 0.2) is 5.38 Å². The van der Waals surface area contributed by atoms with E-state index in [1.54, 1.807) is 4.90 Å². The Labute approximate surface area is 146 Å². The maximum Gasteiger partial charge on any atom is 0.228 e. The van der Waals surface area contributed by atoms with Crippen molar-refractivity contribution >= 4 is 28.3 Å². The highest BCUT2D eigenvalue weighted by atomic mass is 32.1. The highest BCUT2D eigenvalue weighted by molar-refractivity contribution is 7.14. The van der Waals surface area contributed by atoms with Gasteiger partial charge in [-0.1, -0.05) is 6.42 Å².